The van der Waals surface area contributed by atoms with Crippen LogP contribution in [0.4, 0.5) is 11.5 Å². The number of aryl methyl sites for hydroxylation is 1. The molecule has 2 heterocycles. The molecule has 28 heavy (non-hydrogen) atoms. The Morgan fingerprint density at radius 3 is 2.32 bits per heavy atom. The second-order valence-corrected chi connectivity index (χ2v) is 6.92. The van der Waals surface area contributed by atoms with Gasteiger partial charge in [0, 0.05) is 16.9 Å². The van der Waals surface area contributed by atoms with Gasteiger partial charge >= 0.3 is 0 Å². The van der Waals surface area contributed by atoms with Crippen LogP contribution in [0.2, 0.25) is 0 Å². The van der Waals surface area contributed by atoms with Crippen molar-refractivity contribution < 1.29 is 4.79 Å². The first-order valence-corrected chi connectivity index (χ1v) is 10.6. The molecule has 0 aliphatic rings. The van der Waals surface area contributed by atoms with Crippen molar-refractivity contribution in [2.24, 2.45) is 5.73 Å². The molecule has 0 saturated carbocycles. The smallest absolute Gasteiger partial charge is 0.221 e. The van der Waals surface area contributed by atoms with Gasteiger partial charge in [-0.05, 0) is 42.0 Å². The molecule has 1 amide bonds. The van der Waals surface area contributed by atoms with Gasteiger partial charge in [-0.3, -0.25) is 4.79 Å². The first kappa shape index (κ1) is 21.6. The maximum atomic E-state index is 11.0. The predicted molar refractivity (Wildman–Crippen MR) is 118 cm³/mol. The molecule has 0 spiro atoms. The normalized spacial score (nSPS) is 10.1. The van der Waals surface area contributed by atoms with E-state index in [1.54, 1.807) is 11.3 Å². The molecule has 0 atom stereocenters. The zero-order valence-electron chi connectivity index (χ0n) is 17.0. The summed E-state index contributed by atoms with van der Waals surface area (Å²) in [4.78, 5) is 21.6. The van der Waals surface area contributed by atoms with Gasteiger partial charge in [-0.2, -0.15) is 0 Å². The van der Waals surface area contributed by atoms with Crippen LogP contribution in [0, 0.1) is 0 Å². The quantitative estimate of drug-likeness (QED) is 0.580. The second kappa shape index (κ2) is 10.6. The molecule has 0 saturated heterocycles. The fraction of sp³-hybridized carbons (Fsp3) is 0.318. The minimum Gasteiger partial charge on any atom is -0.369 e. The SMILES string of the molecule is CC.CCc1nc(-c2cccs2)nc(Nc2ccc(CC(N)=O)cc2)c1CC. The van der Waals surface area contributed by atoms with E-state index in [4.69, 9.17) is 15.7 Å². The predicted octanol–water partition coefficient (Wildman–Crippen LogP) is 5.13. The second-order valence-electron chi connectivity index (χ2n) is 5.97. The minimum absolute atomic E-state index is 0.247. The van der Waals surface area contributed by atoms with Crippen LogP contribution in [0.5, 0.6) is 0 Å². The first-order chi connectivity index (χ1) is 13.6. The van der Waals surface area contributed by atoms with E-state index in [0.29, 0.717) is 0 Å². The van der Waals surface area contributed by atoms with E-state index in [1.165, 1.54) is 0 Å². The lowest BCUT2D eigenvalue weighted by Gasteiger charge is -2.15. The highest BCUT2D eigenvalue weighted by molar-refractivity contribution is 7.13. The topological polar surface area (TPSA) is 80.9 Å². The van der Waals surface area contributed by atoms with Crippen molar-refractivity contribution in [2.45, 2.75) is 47.0 Å². The fourth-order valence-electron chi connectivity index (χ4n) is 2.86. The summed E-state index contributed by atoms with van der Waals surface area (Å²) in [6.45, 7) is 8.23. The Kier molecular flexibility index (Phi) is 8.14. The van der Waals surface area contributed by atoms with Crippen LogP contribution >= 0.6 is 11.3 Å². The maximum absolute atomic E-state index is 11.0. The average molecular weight is 397 g/mol. The Morgan fingerprint density at radius 1 is 1.07 bits per heavy atom. The van der Waals surface area contributed by atoms with Crippen LogP contribution < -0.4 is 11.1 Å². The van der Waals surface area contributed by atoms with E-state index in [2.05, 4.69) is 19.2 Å². The summed E-state index contributed by atoms with van der Waals surface area (Å²) >= 11 is 1.63. The Bertz CT molecular complexity index is 890. The van der Waals surface area contributed by atoms with Gasteiger partial charge in [0.05, 0.1) is 11.3 Å². The number of carbonyl (C=O) groups excluding carboxylic acids is 1. The van der Waals surface area contributed by atoms with Crippen molar-refractivity contribution in [1.82, 2.24) is 9.97 Å². The number of anilines is 2. The number of hydrogen-bond acceptors (Lipinski definition) is 5. The summed E-state index contributed by atoms with van der Waals surface area (Å²) in [5, 5.41) is 5.45. The summed E-state index contributed by atoms with van der Waals surface area (Å²) < 4.78 is 0. The standard InChI is InChI=1S/C20H22N4OS.C2H6/c1-3-15-16(4-2)23-20(17-6-5-11-26-17)24-19(15)22-14-9-7-13(8-10-14)12-18(21)25;1-2/h5-11H,3-4,12H2,1-2H3,(H2,21,25)(H,22,23,24);1-2H3. The van der Waals surface area contributed by atoms with E-state index < -0.39 is 0 Å². The van der Waals surface area contributed by atoms with E-state index in [9.17, 15) is 4.79 Å². The molecule has 3 N–H and O–H groups in total. The number of nitrogens with zero attached hydrogens (tertiary/aromatic N) is 2. The van der Waals surface area contributed by atoms with E-state index in [0.717, 1.165) is 51.9 Å². The van der Waals surface area contributed by atoms with Gasteiger partial charge < -0.3 is 11.1 Å². The summed E-state index contributed by atoms with van der Waals surface area (Å²) in [7, 11) is 0. The Hall–Kier alpha value is -2.73. The molecule has 0 aliphatic heterocycles. The third-order valence-corrected chi connectivity index (χ3v) is 4.98. The molecule has 0 fully saturated rings. The minimum atomic E-state index is -0.331. The van der Waals surface area contributed by atoms with Crippen molar-refractivity contribution in [1.29, 1.82) is 0 Å². The Morgan fingerprint density at radius 2 is 1.79 bits per heavy atom. The van der Waals surface area contributed by atoms with Gasteiger partial charge in [-0.25, -0.2) is 9.97 Å². The Labute approximate surface area is 171 Å². The number of nitrogens with two attached hydrogens (primary N) is 1. The van der Waals surface area contributed by atoms with Gasteiger partial charge in [0.2, 0.25) is 5.91 Å². The summed E-state index contributed by atoms with van der Waals surface area (Å²) in [6.07, 6.45) is 1.96. The van der Waals surface area contributed by atoms with Crippen LogP contribution in [0.1, 0.15) is 44.5 Å². The van der Waals surface area contributed by atoms with E-state index in [1.807, 2.05) is 55.6 Å². The summed E-state index contributed by atoms with van der Waals surface area (Å²) in [5.41, 5.74) is 9.27. The van der Waals surface area contributed by atoms with Crippen molar-refractivity contribution in [3.05, 3.63) is 58.6 Å². The zero-order chi connectivity index (χ0) is 20.5. The number of thiophene rings is 1. The highest BCUT2D eigenvalue weighted by atomic mass is 32.1. The van der Waals surface area contributed by atoms with Gasteiger partial charge in [0.1, 0.15) is 5.82 Å². The first-order valence-electron chi connectivity index (χ1n) is 9.68. The number of benzene rings is 1. The molecular weight excluding hydrogens is 368 g/mol. The number of nitrogens with one attached hydrogen (secondary N) is 1. The molecule has 6 heteroatoms. The largest absolute Gasteiger partial charge is 0.369 e. The van der Waals surface area contributed by atoms with E-state index in [-0.39, 0.29) is 12.3 Å². The van der Waals surface area contributed by atoms with Crippen LogP contribution in [-0.2, 0) is 24.1 Å². The number of hydrogen-bond donors (Lipinski definition) is 2. The van der Waals surface area contributed by atoms with Gasteiger partial charge in [0.15, 0.2) is 5.82 Å². The Balaban J connectivity index is 0.00000136. The highest BCUT2D eigenvalue weighted by Crippen LogP contribution is 2.28. The van der Waals surface area contributed by atoms with Crippen molar-refractivity contribution in [3.63, 3.8) is 0 Å². The third-order valence-electron chi connectivity index (χ3n) is 4.12. The lowest BCUT2D eigenvalue weighted by atomic mass is 10.1. The van der Waals surface area contributed by atoms with Gasteiger partial charge in [-0.1, -0.05) is 45.9 Å². The number of amides is 1. The molecule has 0 aliphatic carbocycles. The molecule has 1 aromatic carbocycles. The molecule has 0 bridgehead atoms. The lowest BCUT2D eigenvalue weighted by Crippen LogP contribution is -2.13. The number of rotatable bonds is 7. The third kappa shape index (κ3) is 5.39. The van der Waals surface area contributed by atoms with Gasteiger partial charge in [0.25, 0.3) is 0 Å². The monoisotopic (exact) mass is 396 g/mol. The fourth-order valence-corrected chi connectivity index (χ4v) is 3.52. The summed E-state index contributed by atoms with van der Waals surface area (Å²) in [5.74, 6) is 1.26. The molecule has 0 radical (unpaired) electrons. The maximum Gasteiger partial charge on any atom is 0.221 e. The van der Waals surface area contributed by atoms with Gasteiger partial charge in [-0.15, -0.1) is 11.3 Å². The number of aromatic nitrogens is 2. The van der Waals surface area contributed by atoms with Crippen LogP contribution in [0.25, 0.3) is 10.7 Å². The number of primary amides is 1. The molecule has 0 unspecified atom stereocenters. The molecule has 3 aromatic rings. The number of carbonyl (C=O) groups is 1. The van der Waals surface area contributed by atoms with Crippen LogP contribution in [0.3, 0.4) is 0 Å². The molecule has 3 rings (SSSR count). The lowest BCUT2D eigenvalue weighted by molar-refractivity contribution is -0.117. The van der Waals surface area contributed by atoms with Crippen LogP contribution in [0.15, 0.2) is 41.8 Å². The molecular formula is C22H28N4OS. The van der Waals surface area contributed by atoms with Crippen molar-refractivity contribution in [3.8, 4) is 10.7 Å². The molecule has 148 valence electrons. The summed E-state index contributed by atoms with van der Waals surface area (Å²) in [6, 6.07) is 11.7. The van der Waals surface area contributed by atoms with Crippen molar-refractivity contribution >= 4 is 28.7 Å². The molecule has 5 nitrogen and oxygen atoms in total. The zero-order valence-corrected chi connectivity index (χ0v) is 17.8. The molecule has 2 aromatic heterocycles. The van der Waals surface area contributed by atoms with Crippen molar-refractivity contribution in [2.75, 3.05) is 5.32 Å². The van der Waals surface area contributed by atoms with Crippen LogP contribution in [-0.4, -0.2) is 15.9 Å². The average Bonchev–Trinajstić information content (AvgIpc) is 3.25. The van der Waals surface area contributed by atoms with E-state index >= 15 is 0 Å². The highest BCUT2D eigenvalue weighted by Gasteiger charge is 2.14.